The first-order chi connectivity index (χ1) is 15.2. The van der Waals surface area contributed by atoms with Crippen molar-refractivity contribution in [1.29, 1.82) is 0 Å². The molecule has 0 aliphatic rings. The SMILES string of the molecule is CCCCCCOP(=O)([O-])CCCCCC.CCCCCCOP(=O)([O-])CCCCCC.[Co+2]. The number of rotatable bonds is 22. The zero-order valence-electron chi connectivity index (χ0n) is 21.8. The van der Waals surface area contributed by atoms with Crippen LogP contribution in [0.1, 0.15) is 130 Å². The molecule has 0 saturated heterocycles. The van der Waals surface area contributed by atoms with Gasteiger partial charge in [-0.25, -0.2) is 0 Å². The molecule has 2 atom stereocenters. The van der Waals surface area contributed by atoms with E-state index in [1.54, 1.807) is 0 Å². The van der Waals surface area contributed by atoms with Gasteiger partial charge in [-0.2, -0.15) is 0 Å². The molecule has 1 radical (unpaired) electrons. The molecule has 0 rings (SSSR count). The van der Waals surface area contributed by atoms with Gasteiger partial charge in [-0.15, -0.1) is 0 Å². The van der Waals surface area contributed by atoms with Gasteiger partial charge < -0.3 is 28.0 Å². The molecular weight excluding hydrogens is 505 g/mol. The Morgan fingerprint density at radius 3 is 1.03 bits per heavy atom. The van der Waals surface area contributed by atoms with Crippen LogP contribution in [-0.2, 0) is 35.0 Å². The Bertz CT molecular complexity index is 438. The summed E-state index contributed by atoms with van der Waals surface area (Å²) in [6, 6.07) is 0. The molecule has 0 aromatic carbocycles. The van der Waals surface area contributed by atoms with E-state index < -0.39 is 15.2 Å². The third-order valence-corrected chi connectivity index (χ3v) is 8.02. The Morgan fingerprint density at radius 1 is 0.485 bits per heavy atom. The van der Waals surface area contributed by atoms with E-state index in [-0.39, 0.29) is 29.1 Å². The van der Waals surface area contributed by atoms with Crippen molar-refractivity contribution in [3.05, 3.63) is 0 Å². The van der Waals surface area contributed by atoms with E-state index in [4.69, 9.17) is 9.05 Å². The zero-order chi connectivity index (χ0) is 24.6. The minimum absolute atomic E-state index is 0. The Morgan fingerprint density at radius 2 is 0.758 bits per heavy atom. The Hall–Kier alpha value is 0.806. The quantitative estimate of drug-likeness (QED) is 0.101. The molecule has 0 spiro atoms. The maximum atomic E-state index is 11.4. The Kier molecular flexibility index (Phi) is 31.8. The monoisotopic (exact) mass is 557 g/mol. The average Bonchev–Trinajstić information content (AvgIpc) is 2.74. The molecule has 0 amide bonds. The van der Waals surface area contributed by atoms with E-state index in [1.165, 1.54) is 0 Å². The second kappa shape index (κ2) is 27.4. The summed E-state index contributed by atoms with van der Waals surface area (Å²) in [5.41, 5.74) is 0. The van der Waals surface area contributed by atoms with Crippen LogP contribution in [0, 0.1) is 0 Å². The molecule has 33 heavy (non-hydrogen) atoms. The molecule has 0 heterocycles. The predicted octanol–water partition coefficient (Wildman–Crippen LogP) is 7.43. The van der Waals surface area contributed by atoms with E-state index in [9.17, 15) is 18.9 Å². The number of hydrogen-bond acceptors (Lipinski definition) is 6. The van der Waals surface area contributed by atoms with Crippen LogP contribution in [-0.4, -0.2) is 25.5 Å². The minimum atomic E-state index is -3.53. The smallest absolute Gasteiger partial charge is 0.778 e. The molecule has 0 aliphatic carbocycles. The summed E-state index contributed by atoms with van der Waals surface area (Å²) in [6.07, 6.45) is 16.8. The molecule has 0 bridgehead atoms. The standard InChI is InChI=1S/2C12H27O3P.Co/c2*1-3-5-7-9-11-15-16(13,14)12-10-8-6-4-2;/h2*3-12H2,1-2H3,(H,13,14);/q;;+2/p-2. The molecule has 0 saturated carbocycles. The van der Waals surface area contributed by atoms with Crippen LogP contribution < -0.4 is 9.79 Å². The molecule has 0 N–H and O–H groups in total. The first-order valence-corrected chi connectivity index (χ1v) is 16.6. The summed E-state index contributed by atoms with van der Waals surface area (Å²) in [5.74, 6) is 0. The maximum absolute atomic E-state index is 11.4. The van der Waals surface area contributed by atoms with Crippen LogP contribution in [0.2, 0.25) is 0 Å². The molecule has 0 aliphatic heterocycles. The number of hydrogen-bond donors (Lipinski definition) is 0. The van der Waals surface area contributed by atoms with Crippen LogP contribution in [0.15, 0.2) is 0 Å². The summed E-state index contributed by atoms with van der Waals surface area (Å²) in [6.45, 7) is 9.23. The maximum Gasteiger partial charge on any atom is 2.00 e. The fourth-order valence-electron chi connectivity index (χ4n) is 3.06. The largest absolute Gasteiger partial charge is 2.00 e. The molecule has 2 unspecified atom stereocenters. The van der Waals surface area contributed by atoms with Crippen molar-refractivity contribution in [3.8, 4) is 0 Å². The first kappa shape index (κ1) is 38.3. The van der Waals surface area contributed by atoms with Crippen molar-refractivity contribution in [3.63, 3.8) is 0 Å². The van der Waals surface area contributed by atoms with E-state index in [0.717, 1.165) is 103 Å². The number of unbranched alkanes of at least 4 members (excludes halogenated alkanes) is 12. The molecular formula is C24H52CoO6P2. The fourth-order valence-corrected chi connectivity index (χ4v) is 5.35. The third-order valence-electron chi connectivity index (χ3n) is 5.14. The third kappa shape index (κ3) is 32.8. The zero-order valence-corrected chi connectivity index (χ0v) is 24.6. The van der Waals surface area contributed by atoms with Gasteiger partial charge in [0.2, 0.25) is 0 Å². The van der Waals surface area contributed by atoms with E-state index in [0.29, 0.717) is 13.2 Å². The summed E-state index contributed by atoms with van der Waals surface area (Å²) in [4.78, 5) is 22.9. The van der Waals surface area contributed by atoms with Crippen molar-refractivity contribution in [1.82, 2.24) is 0 Å². The molecule has 6 nitrogen and oxygen atoms in total. The van der Waals surface area contributed by atoms with Gasteiger partial charge in [-0.3, -0.25) is 0 Å². The molecule has 0 aromatic heterocycles. The summed E-state index contributed by atoms with van der Waals surface area (Å²) in [5, 5.41) is 0. The minimum Gasteiger partial charge on any atom is -0.778 e. The summed E-state index contributed by atoms with van der Waals surface area (Å²) >= 11 is 0. The van der Waals surface area contributed by atoms with Crippen LogP contribution in [0.3, 0.4) is 0 Å². The van der Waals surface area contributed by atoms with Gasteiger partial charge in [0.1, 0.15) is 15.2 Å². The first-order valence-electron chi connectivity index (χ1n) is 13.1. The van der Waals surface area contributed by atoms with E-state index in [1.807, 2.05) is 0 Å². The average molecular weight is 558 g/mol. The van der Waals surface area contributed by atoms with Crippen LogP contribution in [0.5, 0.6) is 0 Å². The van der Waals surface area contributed by atoms with Crippen molar-refractivity contribution < 1.29 is 44.7 Å². The van der Waals surface area contributed by atoms with Gasteiger partial charge in [-0.05, 0) is 25.7 Å². The second-order valence-corrected chi connectivity index (χ2v) is 12.4. The Balaban J connectivity index is -0.000000529. The van der Waals surface area contributed by atoms with Gasteiger partial charge in [0, 0.05) is 12.3 Å². The predicted molar refractivity (Wildman–Crippen MR) is 133 cm³/mol. The fraction of sp³-hybridized carbons (Fsp3) is 1.00. The van der Waals surface area contributed by atoms with Crippen molar-refractivity contribution >= 4 is 15.2 Å². The van der Waals surface area contributed by atoms with Crippen LogP contribution >= 0.6 is 15.2 Å². The summed E-state index contributed by atoms with van der Waals surface area (Å²) in [7, 11) is -7.06. The van der Waals surface area contributed by atoms with Crippen LogP contribution in [0.4, 0.5) is 0 Å². The van der Waals surface area contributed by atoms with Crippen LogP contribution in [0.25, 0.3) is 0 Å². The van der Waals surface area contributed by atoms with Gasteiger partial charge in [0.25, 0.3) is 0 Å². The topological polar surface area (TPSA) is 98.7 Å². The van der Waals surface area contributed by atoms with Crippen molar-refractivity contribution in [2.75, 3.05) is 25.5 Å². The van der Waals surface area contributed by atoms with Crippen molar-refractivity contribution in [2.45, 2.75) is 130 Å². The van der Waals surface area contributed by atoms with Gasteiger partial charge in [-0.1, -0.05) is 105 Å². The van der Waals surface area contributed by atoms with E-state index in [2.05, 4.69) is 27.7 Å². The second-order valence-electron chi connectivity index (χ2n) is 8.58. The van der Waals surface area contributed by atoms with Gasteiger partial charge >= 0.3 is 16.8 Å². The van der Waals surface area contributed by atoms with Crippen molar-refractivity contribution in [2.24, 2.45) is 0 Å². The molecule has 0 fully saturated rings. The van der Waals surface area contributed by atoms with Gasteiger partial charge in [0.15, 0.2) is 0 Å². The molecule has 9 heteroatoms. The molecule has 0 aromatic rings. The van der Waals surface area contributed by atoms with Gasteiger partial charge in [0.05, 0.1) is 13.2 Å². The van der Waals surface area contributed by atoms with E-state index >= 15 is 0 Å². The Labute approximate surface area is 215 Å². The molecule has 203 valence electrons. The normalized spacial score (nSPS) is 14.5. The summed E-state index contributed by atoms with van der Waals surface area (Å²) < 4.78 is 32.8.